The Morgan fingerprint density at radius 3 is 2.64 bits per heavy atom. The molecule has 2 aromatic rings. The Morgan fingerprint density at radius 2 is 1.96 bits per heavy atom. The topological polar surface area (TPSA) is 66.5 Å². The number of aryl methyl sites for hydroxylation is 2. The molecule has 0 atom stereocenters. The quantitative estimate of drug-likeness (QED) is 0.912. The van der Waals surface area contributed by atoms with Crippen LogP contribution in [0.1, 0.15) is 27.9 Å². The molecule has 1 N–H and O–H groups in total. The molecule has 0 bridgehead atoms. The highest BCUT2D eigenvalue weighted by Crippen LogP contribution is 2.30. The van der Waals surface area contributed by atoms with Gasteiger partial charge in [-0.1, -0.05) is 6.07 Å². The molecule has 0 aliphatic carbocycles. The zero-order chi connectivity index (χ0) is 18.2. The zero-order valence-electron chi connectivity index (χ0n) is 14.0. The molecule has 0 spiro atoms. The maximum Gasteiger partial charge on any atom is 0.255 e. The number of fused-ring (bicyclic) bond motifs is 1. The van der Waals surface area contributed by atoms with Gasteiger partial charge in [0.05, 0.1) is 17.6 Å². The highest BCUT2D eigenvalue weighted by molar-refractivity contribution is 7.92. The number of benzene rings is 2. The van der Waals surface area contributed by atoms with E-state index in [2.05, 4.69) is 5.32 Å². The summed E-state index contributed by atoms with van der Waals surface area (Å²) in [6, 6.07) is 9.46. The molecule has 1 amide bonds. The van der Waals surface area contributed by atoms with Gasteiger partial charge < -0.3 is 5.32 Å². The van der Waals surface area contributed by atoms with Crippen LogP contribution >= 0.6 is 0 Å². The van der Waals surface area contributed by atoms with Crippen molar-refractivity contribution in [1.29, 1.82) is 0 Å². The molecule has 1 aliphatic rings. The van der Waals surface area contributed by atoms with Crippen LogP contribution in [0.3, 0.4) is 0 Å². The second kappa shape index (κ2) is 6.48. The number of carbonyl (C=O) groups excluding carboxylic acids is 1. The van der Waals surface area contributed by atoms with Gasteiger partial charge >= 0.3 is 0 Å². The third kappa shape index (κ3) is 3.66. The number of nitrogens with one attached hydrogen (secondary N) is 1. The highest BCUT2D eigenvalue weighted by atomic mass is 32.2. The lowest BCUT2D eigenvalue weighted by atomic mass is 10.0. The van der Waals surface area contributed by atoms with Crippen molar-refractivity contribution in [1.82, 2.24) is 0 Å². The van der Waals surface area contributed by atoms with E-state index in [0.717, 1.165) is 11.1 Å². The number of hydrogen-bond acceptors (Lipinski definition) is 3. The maximum atomic E-state index is 13.9. The van der Waals surface area contributed by atoms with E-state index in [4.69, 9.17) is 0 Å². The van der Waals surface area contributed by atoms with Crippen LogP contribution in [0.5, 0.6) is 0 Å². The van der Waals surface area contributed by atoms with E-state index in [9.17, 15) is 17.6 Å². The van der Waals surface area contributed by atoms with Gasteiger partial charge in [0.25, 0.3) is 5.91 Å². The Labute approximate surface area is 146 Å². The summed E-state index contributed by atoms with van der Waals surface area (Å²) < 4.78 is 39.0. The first-order valence-electron chi connectivity index (χ1n) is 7.94. The summed E-state index contributed by atoms with van der Waals surface area (Å²) in [7, 11) is -3.35. The van der Waals surface area contributed by atoms with Crippen molar-refractivity contribution in [2.75, 3.05) is 22.4 Å². The first-order valence-corrected chi connectivity index (χ1v) is 9.79. The standard InChI is InChI=1S/C18H19FN2O3S/c1-12-5-7-16(15(19)10-12)20-18(22)14-6-8-17-13(11-14)4-3-9-21(17)25(2,23)24/h5-8,10-11H,3-4,9H2,1-2H3,(H,20,22). The second-order valence-electron chi connectivity index (χ2n) is 6.22. The molecule has 0 saturated carbocycles. The molecule has 0 radical (unpaired) electrons. The lowest BCUT2D eigenvalue weighted by Gasteiger charge is -2.29. The predicted molar refractivity (Wildman–Crippen MR) is 96.0 cm³/mol. The van der Waals surface area contributed by atoms with Gasteiger partial charge in [-0.05, 0) is 61.2 Å². The van der Waals surface area contributed by atoms with Crippen LogP contribution in [-0.2, 0) is 16.4 Å². The van der Waals surface area contributed by atoms with Crippen molar-refractivity contribution in [2.24, 2.45) is 0 Å². The number of anilines is 2. The van der Waals surface area contributed by atoms with E-state index >= 15 is 0 Å². The largest absolute Gasteiger partial charge is 0.319 e. The summed E-state index contributed by atoms with van der Waals surface area (Å²) in [5.74, 6) is -0.920. The molecule has 5 nitrogen and oxygen atoms in total. The molecule has 1 heterocycles. The Morgan fingerprint density at radius 1 is 1.20 bits per heavy atom. The molecule has 2 aromatic carbocycles. The Hall–Kier alpha value is -2.41. The average molecular weight is 362 g/mol. The molecule has 7 heteroatoms. The lowest BCUT2D eigenvalue weighted by Crippen LogP contribution is -2.34. The summed E-state index contributed by atoms with van der Waals surface area (Å²) >= 11 is 0. The second-order valence-corrected chi connectivity index (χ2v) is 8.13. The minimum Gasteiger partial charge on any atom is -0.319 e. The first kappa shape index (κ1) is 17.4. The van der Waals surface area contributed by atoms with Gasteiger partial charge in [-0.25, -0.2) is 12.8 Å². The van der Waals surface area contributed by atoms with E-state index in [1.165, 1.54) is 22.7 Å². The summed E-state index contributed by atoms with van der Waals surface area (Å²) in [5.41, 5.74) is 2.66. The number of rotatable bonds is 3. The Kier molecular flexibility index (Phi) is 4.51. The van der Waals surface area contributed by atoms with Crippen LogP contribution in [0.15, 0.2) is 36.4 Å². The summed E-state index contributed by atoms with van der Waals surface area (Å²) in [4.78, 5) is 12.4. The SMILES string of the molecule is Cc1ccc(NC(=O)c2ccc3c(c2)CCCN3S(C)(=O)=O)c(F)c1. The fourth-order valence-corrected chi connectivity index (χ4v) is 3.96. The van der Waals surface area contributed by atoms with Gasteiger partial charge in [0.1, 0.15) is 5.82 Å². The monoisotopic (exact) mass is 362 g/mol. The summed E-state index contributed by atoms with van der Waals surface area (Å²) in [6.45, 7) is 2.21. The Balaban J connectivity index is 1.88. The van der Waals surface area contributed by atoms with Gasteiger partial charge in [-0.15, -0.1) is 0 Å². The van der Waals surface area contributed by atoms with Crippen LogP contribution in [0.2, 0.25) is 0 Å². The van der Waals surface area contributed by atoms with Crippen LogP contribution < -0.4 is 9.62 Å². The third-order valence-electron chi connectivity index (χ3n) is 4.19. The van der Waals surface area contributed by atoms with Crippen molar-refractivity contribution < 1.29 is 17.6 Å². The smallest absolute Gasteiger partial charge is 0.255 e. The zero-order valence-corrected chi connectivity index (χ0v) is 14.9. The molecule has 0 fully saturated rings. The molecular weight excluding hydrogens is 343 g/mol. The van der Waals surface area contributed by atoms with E-state index in [0.29, 0.717) is 30.6 Å². The highest BCUT2D eigenvalue weighted by Gasteiger charge is 2.24. The van der Waals surface area contributed by atoms with E-state index in [1.54, 1.807) is 31.2 Å². The Bertz CT molecular complexity index is 941. The van der Waals surface area contributed by atoms with Gasteiger partial charge in [-0.3, -0.25) is 9.10 Å². The molecule has 0 unspecified atom stereocenters. The van der Waals surface area contributed by atoms with Crippen molar-refractivity contribution in [3.05, 3.63) is 58.9 Å². The number of halogens is 1. The maximum absolute atomic E-state index is 13.9. The fraction of sp³-hybridized carbons (Fsp3) is 0.278. The van der Waals surface area contributed by atoms with Crippen LogP contribution in [0, 0.1) is 12.7 Å². The molecule has 0 aromatic heterocycles. The molecule has 1 aliphatic heterocycles. The van der Waals surface area contributed by atoms with Crippen molar-refractivity contribution in [3.63, 3.8) is 0 Å². The van der Waals surface area contributed by atoms with E-state index < -0.39 is 21.7 Å². The van der Waals surface area contributed by atoms with Crippen LogP contribution in [-0.4, -0.2) is 27.1 Å². The van der Waals surface area contributed by atoms with Gasteiger partial charge in [-0.2, -0.15) is 0 Å². The normalized spacial score (nSPS) is 14.1. The number of carbonyl (C=O) groups is 1. The van der Waals surface area contributed by atoms with E-state index in [1.807, 2.05) is 0 Å². The van der Waals surface area contributed by atoms with Gasteiger partial charge in [0.15, 0.2) is 0 Å². The van der Waals surface area contributed by atoms with Crippen molar-refractivity contribution in [2.45, 2.75) is 19.8 Å². The lowest BCUT2D eigenvalue weighted by molar-refractivity contribution is 0.102. The van der Waals surface area contributed by atoms with Crippen molar-refractivity contribution >= 4 is 27.3 Å². The molecule has 0 saturated heterocycles. The molecule has 132 valence electrons. The number of sulfonamides is 1. The third-order valence-corrected chi connectivity index (χ3v) is 5.37. The van der Waals surface area contributed by atoms with Gasteiger partial charge in [0, 0.05) is 12.1 Å². The molecule has 25 heavy (non-hydrogen) atoms. The minimum absolute atomic E-state index is 0.117. The van der Waals surface area contributed by atoms with Crippen LogP contribution in [0.25, 0.3) is 0 Å². The summed E-state index contributed by atoms with van der Waals surface area (Å²) in [6.07, 6.45) is 2.56. The first-order chi connectivity index (χ1) is 11.8. The minimum atomic E-state index is -3.35. The average Bonchev–Trinajstić information content (AvgIpc) is 2.55. The van der Waals surface area contributed by atoms with Gasteiger partial charge in [0.2, 0.25) is 10.0 Å². The number of nitrogens with zero attached hydrogens (tertiary/aromatic N) is 1. The molecular formula is C18H19FN2O3S. The molecule has 3 rings (SSSR count). The van der Waals surface area contributed by atoms with E-state index in [-0.39, 0.29) is 5.69 Å². The fourth-order valence-electron chi connectivity index (χ4n) is 2.96. The number of amides is 1. The summed E-state index contributed by atoms with van der Waals surface area (Å²) in [5, 5.41) is 2.56. The number of hydrogen-bond donors (Lipinski definition) is 1. The van der Waals surface area contributed by atoms with Crippen molar-refractivity contribution in [3.8, 4) is 0 Å². The predicted octanol–water partition coefficient (Wildman–Crippen LogP) is 3.10. The van der Waals surface area contributed by atoms with Crippen LogP contribution in [0.4, 0.5) is 15.8 Å².